The molecule has 8 heteroatoms. The zero-order valence-corrected chi connectivity index (χ0v) is 11.2. The summed E-state index contributed by atoms with van der Waals surface area (Å²) in [5, 5.41) is 8.57. The second-order valence-corrected chi connectivity index (χ2v) is 6.61. The molecule has 0 saturated heterocycles. The highest BCUT2D eigenvalue weighted by molar-refractivity contribution is 7.89. The lowest BCUT2D eigenvalue weighted by molar-refractivity contribution is -0.156. The van der Waals surface area contributed by atoms with Crippen LogP contribution in [0.1, 0.15) is 19.3 Å². The maximum absolute atomic E-state index is 11.9. The molecule has 0 unspecified atom stereocenters. The van der Waals surface area contributed by atoms with Crippen molar-refractivity contribution in [3.05, 3.63) is 0 Å². The van der Waals surface area contributed by atoms with Crippen LogP contribution in [-0.2, 0) is 24.3 Å². The smallest absolute Gasteiger partial charge is 0.318 e. The van der Waals surface area contributed by atoms with Gasteiger partial charge in [-0.05, 0) is 12.8 Å². The summed E-state index contributed by atoms with van der Waals surface area (Å²) in [5.41, 5.74) is -1.000. The van der Waals surface area contributed by atoms with E-state index in [1.54, 1.807) is 0 Å². The number of ether oxygens (including phenoxy) is 1. The van der Waals surface area contributed by atoms with Gasteiger partial charge in [0.15, 0.2) is 0 Å². The van der Waals surface area contributed by atoms with Crippen LogP contribution in [0.2, 0.25) is 0 Å². The standard InChI is InChI=1S/C10H17NO6S/c1-11(6-8(12)13)18(15,16)7-10(4-3-5-10)9(14)17-2/h3-7H2,1-2H3,(H,12,13). The molecule has 0 radical (unpaired) electrons. The number of nitrogens with zero attached hydrogens (tertiary/aromatic N) is 1. The van der Waals surface area contributed by atoms with E-state index in [1.807, 2.05) is 0 Å². The molecule has 1 aliphatic carbocycles. The Bertz CT molecular complexity index is 439. The molecule has 0 bridgehead atoms. The fraction of sp³-hybridized carbons (Fsp3) is 0.800. The molecule has 0 aromatic rings. The molecule has 0 amide bonds. The van der Waals surface area contributed by atoms with E-state index >= 15 is 0 Å². The van der Waals surface area contributed by atoms with Crippen molar-refractivity contribution in [2.24, 2.45) is 5.41 Å². The molecule has 1 aliphatic rings. The fourth-order valence-corrected chi connectivity index (χ4v) is 3.61. The topological polar surface area (TPSA) is 101 Å². The van der Waals surface area contributed by atoms with Crippen molar-refractivity contribution in [3.63, 3.8) is 0 Å². The second kappa shape index (κ2) is 5.23. The zero-order chi connectivity index (χ0) is 14.0. The van der Waals surface area contributed by atoms with Gasteiger partial charge in [-0.3, -0.25) is 9.59 Å². The minimum atomic E-state index is -3.78. The van der Waals surface area contributed by atoms with Crippen LogP contribution in [0.25, 0.3) is 0 Å². The molecule has 1 fully saturated rings. The summed E-state index contributed by atoms with van der Waals surface area (Å²) in [7, 11) is -1.37. The average molecular weight is 279 g/mol. The van der Waals surface area contributed by atoms with Crippen LogP contribution in [0.5, 0.6) is 0 Å². The van der Waals surface area contributed by atoms with Gasteiger partial charge in [0.1, 0.15) is 6.54 Å². The minimum absolute atomic E-state index is 0.392. The number of methoxy groups -OCH3 is 1. The Morgan fingerprint density at radius 3 is 2.28 bits per heavy atom. The minimum Gasteiger partial charge on any atom is -0.480 e. The number of esters is 1. The maximum atomic E-state index is 11.9. The van der Waals surface area contributed by atoms with E-state index in [-0.39, 0.29) is 0 Å². The number of carbonyl (C=O) groups is 2. The Hall–Kier alpha value is -1.15. The van der Waals surface area contributed by atoms with Crippen LogP contribution in [0, 0.1) is 5.41 Å². The molecule has 0 spiro atoms. The van der Waals surface area contributed by atoms with Crippen molar-refractivity contribution in [1.29, 1.82) is 0 Å². The third-order valence-corrected chi connectivity index (χ3v) is 5.22. The number of hydrogen-bond acceptors (Lipinski definition) is 5. The van der Waals surface area contributed by atoms with Crippen LogP contribution in [-0.4, -0.2) is 56.2 Å². The lowest BCUT2D eigenvalue weighted by atomic mass is 9.70. The van der Waals surface area contributed by atoms with Crippen LogP contribution in [0.15, 0.2) is 0 Å². The van der Waals surface area contributed by atoms with Crippen LogP contribution >= 0.6 is 0 Å². The summed E-state index contributed by atoms with van der Waals surface area (Å²) in [6.07, 6.45) is 1.69. The van der Waals surface area contributed by atoms with Crippen LogP contribution in [0.3, 0.4) is 0 Å². The van der Waals surface area contributed by atoms with Gasteiger partial charge in [-0.2, -0.15) is 4.31 Å². The number of aliphatic carboxylic acids is 1. The van der Waals surface area contributed by atoms with Gasteiger partial charge in [-0.15, -0.1) is 0 Å². The molecule has 104 valence electrons. The lowest BCUT2D eigenvalue weighted by Gasteiger charge is -2.39. The van der Waals surface area contributed by atoms with Gasteiger partial charge in [-0.25, -0.2) is 8.42 Å². The molecule has 0 aromatic heterocycles. The SMILES string of the molecule is COC(=O)C1(CS(=O)(=O)N(C)CC(=O)O)CCC1. The number of sulfonamides is 1. The van der Waals surface area contributed by atoms with Gasteiger partial charge in [-0.1, -0.05) is 6.42 Å². The Morgan fingerprint density at radius 1 is 1.39 bits per heavy atom. The highest BCUT2D eigenvalue weighted by Crippen LogP contribution is 2.43. The average Bonchev–Trinajstić information content (AvgIpc) is 2.21. The van der Waals surface area contributed by atoms with Crippen molar-refractivity contribution in [1.82, 2.24) is 4.31 Å². The van der Waals surface area contributed by atoms with E-state index in [4.69, 9.17) is 5.11 Å². The third-order valence-electron chi connectivity index (χ3n) is 3.22. The molecule has 0 aromatic carbocycles. The molecule has 1 rings (SSSR count). The molecular weight excluding hydrogens is 262 g/mol. The summed E-state index contributed by atoms with van der Waals surface area (Å²) in [5.74, 6) is -2.17. The first-order valence-electron chi connectivity index (χ1n) is 5.48. The fourth-order valence-electron chi connectivity index (χ4n) is 1.98. The number of carboxylic acids is 1. The first-order valence-corrected chi connectivity index (χ1v) is 7.09. The third kappa shape index (κ3) is 2.99. The van der Waals surface area contributed by atoms with E-state index in [0.29, 0.717) is 12.8 Å². The largest absolute Gasteiger partial charge is 0.480 e. The number of rotatable bonds is 6. The van der Waals surface area contributed by atoms with Gasteiger partial charge < -0.3 is 9.84 Å². The molecular formula is C10H17NO6S. The summed E-state index contributed by atoms with van der Waals surface area (Å²) < 4.78 is 29.3. The van der Waals surface area contributed by atoms with Crippen molar-refractivity contribution in [2.45, 2.75) is 19.3 Å². The Labute approximate surface area is 106 Å². The van der Waals surface area contributed by atoms with Crippen LogP contribution in [0.4, 0.5) is 0 Å². The van der Waals surface area contributed by atoms with Gasteiger partial charge >= 0.3 is 11.9 Å². The monoisotopic (exact) mass is 279 g/mol. The van der Waals surface area contributed by atoms with E-state index in [9.17, 15) is 18.0 Å². The second-order valence-electron chi connectivity index (χ2n) is 4.53. The van der Waals surface area contributed by atoms with Crippen molar-refractivity contribution < 1.29 is 27.9 Å². The van der Waals surface area contributed by atoms with Gasteiger partial charge in [0.25, 0.3) is 0 Å². The van der Waals surface area contributed by atoms with E-state index in [2.05, 4.69) is 4.74 Å². The van der Waals surface area contributed by atoms with Gasteiger partial charge in [0, 0.05) is 7.05 Å². The number of carbonyl (C=O) groups excluding carboxylic acids is 1. The molecule has 0 aliphatic heterocycles. The first kappa shape index (κ1) is 14.9. The Kier molecular flexibility index (Phi) is 4.33. The molecule has 0 heterocycles. The van der Waals surface area contributed by atoms with E-state index in [1.165, 1.54) is 14.2 Å². The summed E-state index contributed by atoms with van der Waals surface area (Å²) >= 11 is 0. The van der Waals surface area contributed by atoms with E-state index < -0.39 is 39.7 Å². The highest BCUT2D eigenvalue weighted by atomic mass is 32.2. The molecule has 1 N–H and O–H groups in total. The zero-order valence-electron chi connectivity index (χ0n) is 10.4. The van der Waals surface area contributed by atoms with Crippen molar-refractivity contribution >= 4 is 22.0 Å². The normalized spacial score (nSPS) is 18.2. The summed E-state index contributed by atoms with van der Waals surface area (Å²) in [6, 6.07) is 0. The number of hydrogen-bond donors (Lipinski definition) is 1. The summed E-state index contributed by atoms with van der Waals surface area (Å²) in [4.78, 5) is 22.1. The van der Waals surface area contributed by atoms with Gasteiger partial charge in [0.05, 0.1) is 18.3 Å². The van der Waals surface area contributed by atoms with Crippen molar-refractivity contribution in [2.75, 3.05) is 26.5 Å². The van der Waals surface area contributed by atoms with E-state index in [0.717, 1.165) is 10.7 Å². The molecule has 18 heavy (non-hydrogen) atoms. The molecule has 1 saturated carbocycles. The lowest BCUT2D eigenvalue weighted by Crippen LogP contribution is -2.48. The number of carboxylic acid groups (broad SMARTS) is 1. The predicted octanol–water partition coefficient (Wildman–Crippen LogP) is -0.324. The predicted molar refractivity (Wildman–Crippen MR) is 62.4 cm³/mol. The Morgan fingerprint density at radius 2 is 1.94 bits per heavy atom. The first-order chi connectivity index (χ1) is 8.23. The van der Waals surface area contributed by atoms with Gasteiger partial charge in [0.2, 0.25) is 10.0 Å². The van der Waals surface area contributed by atoms with Crippen molar-refractivity contribution in [3.8, 4) is 0 Å². The maximum Gasteiger partial charge on any atom is 0.318 e. The Balaban J connectivity index is 2.81. The molecule has 7 nitrogen and oxygen atoms in total. The summed E-state index contributed by atoms with van der Waals surface area (Å²) in [6.45, 7) is -0.612. The van der Waals surface area contributed by atoms with Crippen LogP contribution < -0.4 is 0 Å². The number of likely N-dealkylation sites (N-methyl/N-ethyl adjacent to an activating group) is 1. The highest BCUT2D eigenvalue weighted by Gasteiger charge is 2.49. The quantitative estimate of drug-likeness (QED) is 0.668. The molecule has 0 atom stereocenters.